The van der Waals surface area contributed by atoms with E-state index in [1.165, 1.54) is 13.0 Å². The van der Waals surface area contributed by atoms with E-state index < -0.39 is 5.82 Å². The van der Waals surface area contributed by atoms with Gasteiger partial charge < -0.3 is 10.6 Å². The van der Waals surface area contributed by atoms with Crippen LogP contribution in [0.25, 0.3) is 0 Å². The van der Waals surface area contributed by atoms with Crippen LogP contribution in [0.3, 0.4) is 0 Å². The molecule has 1 aromatic rings. The zero-order valence-corrected chi connectivity index (χ0v) is 8.93. The Kier molecular flexibility index (Phi) is 4.09. The summed E-state index contributed by atoms with van der Waals surface area (Å²) in [5.74, 6) is -0.700. The molecular formula is C11H15FN2O. The van der Waals surface area contributed by atoms with Gasteiger partial charge in [0.2, 0.25) is 5.91 Å². The fraction of sp³-hybridized carbons (Fsp3) is 0.364. The van der Waals surface area contributed by atoms with E-state index in [0.29, 0.717) is 0 Å². The van der Waals surface area contributed by atoms with E-state index in [4.69, 9.17) is 0 Å². The number of halogens is 1. The third-order valence-corrected chi connectivity index (χ3v) is 1.86. The van der Waals surface area contributed by atoms with E-state index in [1.807, 2.05) is 6.92 Å². The zero-order valence-electron chi connectivity index (χ0n) is 8.93. The summed E-state index contributed by atoms with van der Waals surface area (Å²) in [6, 6.07) is 4.58. The van der Waals surface area contributed by atoms with Gasteiger partial charge in [-0.05, 0) is 24.6 Å². The lowest BCUT2D eigenvalue weighted by atomic mass is 10.2. The minimum Gasteiger partial charge on any atom is -0.385 e. The fourth-order valence-corrected chi connectivity index (χ4v) is 1.19. The average Bonchev–Trinajstić information content (AvgIpc) is 2.18. The Morgan fingerprint density at radius 3 is 2.80 bits per heavy atom. The van der Waals surface area contributed by atoms with Crippen LogP contribution in [0.15, 0.2) is 18.2 Å². The van der Waals surface area contributed by atoms with Crippen molar-refractivity contribution < 1.29 is 9.18 Å². The summed E-state index contributed by atoms with van der Waals surface area (Å²) < 4.78 is 13.2. The van der Waals surface area contributed by atoms with Crippen LogP contribution in [0.1, 0.15) is 20.3 Å². The number of amides is 1. The Morgan fingerprint density at radius 2 is 2.20 bits per heavy atom. The molecule has 0 atom stereocenters. The third kappa shape index (κ3) is 3.58. The monoisotopic (exact) mass is 210 g/mol. The number of benzene rings is 1. The number of carbonyl (C=O) groups excluding carboxylic acids is 1. The number of anilines is 2. The summed E-state index contributed by atoms with van der Waals surface area (Å²) in [5.41, 5.74) is 1.02. The molecule has 0 spiro atoms. The Balaban J connectivity index is 2.80. The summed E-state index contributed by atoms with van der Waals surface area (Å²) in [5, 5.41) is 5.55. The largest absolute Gasteiger partial charge is 0.385 e. The highest BCUT2D eigenvalue weighted by atomic mass is 19.1. The van der Waals surface area contributed by atoms with Gasteiger partial charge in [0, 0.05) is 19.2 Å². The van der Waals surface area contributed by atoms with Crippen molar-refractivity contribution in [3.05, 3.63) is 24.0 Å². The normalized spacial score (nSPS) is 9.80. The van der Waals surface area contributed by atoms with Crippen molar-refractivity contribution in [3.8, 4) is 0 Å². The lowest BCUT2D eigenvalue weighted by molar-refractivity contribution is -0.114. The van der Waals surface area contributed by atoms with E-state index in [2.05, 4.69) is 10.6 Å². The second-order valence-electron chi connectivity index (χ2n) is 3.30. The summed E-state index contributed by atoms with van der Waals surface area (Å²) >= 11 is 0. The highest BCUT2D eigenvalue weighted by Gasteiger charge is 2.04. The molecule has 0 bridgehead atoms. The number of hydrogen-bond acceptors (Lipinski definition) is 2. The molecule has 1 rings (SSSR count). The molecule has 0 aliphatic carbocycles. The standard InChI is InChI=1S/C11H15FN2O/c1-3-6-13-9-4-5-10(12)11(7-9)14-8(2)15/h4-5,7,13H,3,6H2,1-2H3,(H,14,15). The molecule has 0 aromatic heterocycles. The molecule has 0 heterocycles. The van der Waals surface area contributed by atoms with Crippen molar-refractivity contribution in [3.63, 3.8) is 0 Å². The molecule has 0 aliphatic heterocycles. The van der Waals surface area contributed by atoms with Crippen molar-refractivity contribution in [2.45, 2.75) is 20.3 Å². The predicted molar refractivity (Wildman–Crippen MR) is 59.5 cm³/mol. The van der Waals surface area contributed by atoms with Gasteiger partial charge >= 0.3 is 0 Å². The van der Waals surface area contributed by atoms with E-state index in [-0.39, 0.29) is 11.6 Å². The summed E-state index contributed by atoms with van der Waals surface area (Å²) in [7, 11) is 0. The maximum absolute atomic E-state index is 13.2. The van der Waals surface area contributed by atoms with Gasteiger partial charge in [-0.15, -0.1) is 0 Å². The quantitative estimate of drug-likeness (QED) is 0.802. The summed E-state index contributed by atoms with van der Waals surface area (Å²) in [6.07, 6.45) is 0.993. The maximum Gasteiger partial charge on any atom is 0.221 e. The van der Waals surface area contributed by atoms with Crippen molar-refractivity contribution in [1.29, 1.82) is 0 Å². The molecule has 0 radical (unpaired) electrons. The van der Waals surface area contributed by atoms with Gasteiger partial charge in [-0.3, -0.25) is 4.79 Å². The first kappa shape index (κ1) is 11.5. The molecule has 0 fully saturated rings. The first-order chi connectivity index (χ1) is 7.13. The number of carbonyl (C=O) groups is 1. The minimum absolute atomic E-state index is 0.212. The number of rotatable bonds is 4. The molecule has 2 N–H and O–H groups in total. The van der Waals surface area contributed by atoms with E-state index in [1.54, 1.807) is 12.1 Å². The summed E-state index contributed by atoms with van der Waals surface area (Å²) in [6.45, 7) is 4.22. The second-order valence-corrected chi connectivity index (χ2v) is 3.30. The number of nitrogens with one attached hydrogen (secondary N) is 2. The molecule has 0 aliphatic rings. The highest BCUT2D eigenvalue weighted by molar-refractivity contribution is 5.89. The SMILES string of the molecule is CCCNc1ccc(F)c(NC(C)=O)c1. The van der Waals surface area contributed by atoms with Crippen LogP contribution in [-0.4, -0.2) is 12.5 Å². The molecule has 0 saturated heterocycles. The smallest absolute Gasteiger partial charge is 0.221 e. The number of hydrogen-bond donors (Lipinski definition) is 2. The van der Waals surface area contributed by atoms with Crippen LogP contribution < -0.4 is 10.6 Å². The Labute approximate surface area is 88.7 Å². The minimum atomic E-state index is -0.424. The van der Waals surface area contributed by atoms with Gasteiger partial charge in [-0.25, -0.2) is 4.39 Å². The predicted octanol–water partition coefficient (Wildman–Crippen LogP) is 2.61. The maximum atomic E-state index is 13.2. The molecule has 0 saturated carbocycles. The zero-order chi connectivity index (χ0) is 11.3. The molecule has 15 heavy (non-hydrogen) atoms. The fourth-order valence-electron chi connectivity index (χ4n) is 1.19. The van der Waals surface area contributed by atoms with Crippen molar-refractivity contribution in [1.82, 2.24) is 0 Å². The lowest BCUT2D eigenvalue weighted by Crippen LogP contribution is -2.08. The van der Waals surface area contributed by atoms with Gasteiger partial charge in [0.05, 0.1) is 5.69 Å². The van der Waals surface area contributed by atoms with Crippen molar-refractivity contribution >= 4 is 17.3 Å². The van der Waals surface area contributed by atoms with Gasteiger partial charge in [0.1, 0.15) is 5.82 Å². The van der Waals surface area contributed by atoms with Gasteiger partial charge in [0.25, 0.3) is 0 Å². The first-order valence-corrected chi connectivity index (χ1v) is 4.94. The molecular weight excluding hydrogens is 195 g/mol. The molecule has 1 amide bonds. The van der Waals surface area contributed by atoms with Crippen LogP contribution >= 0.6 is 0 Å². The average molecular weight is 210 g/mol. The van der Waals surface area contributed by atoms with E-state index >= 15 is 0 Å². The third-order valence-electron chi connectivity index (χ3n) is 1.86. The Bertz CT molecular complexity index is 352. The lowest BCUT2D eigenvalue weighted by Gasteiger charge is -2.08. The van der Waals surface area contributed by atoms with E-state index in [9.17, 15) is 9.18 Å². The van der Waals surface area contributed by atoms with E-state index in [0.717, 1.165) is 18.7 Å². The topological polar surface area (TPSA) is 41.1 Å². The Morgan fingerprint density at radius 1 is 1.47 bits per heavy atom. The van der Waals surface area contributed by atoms with Crippen LogP contribution in [0.2, 0.25) is 0 Å². The van der Waals surface area contributed by atoms with Crippen molar-refractivity contribution in [2.24, 2.45) is 0 Å². The highest BCUT2D eigenvalue weighted by Crippen LogP contribution is 2.19. The molecule has 4 heteroatoms. The van der Waals surface area contributed by atoms with Crippen LogP contribution in [0.5, 0.6) is 0 Å². The van der Waals surface area contributed by atoms with Crippen LogP contribution in [0, 0.1) is 5.82 Å². The van der Waals surface area contributed by atoms with Crippen molar-refractivity contribution in [2.75, 3.05) is 17.2 Å². The first-order valence-electron chi connectivity index (χ1n) is 4.94. The van der Waals surface area contributed by atoms with Gasteiger partial charge in [-0.1, -0.05) is 6.92 Å². The van der Waals surface area contributed by atoms with Gasteiger partial charge in [0.15, 0.2) is 0 Å². The van der Waals surface area contributed by atoms with Crippen LogP contribution in [-0.2, 0) is 4.79 Å². The van der Waals surface area contributed by atoms with Crippen LogP contribution in [0.4, 0.5) is 15.8 Å². The molecule has 3 nitrogen and oxygen atoms in total. The molecule has 1 aromatic carbocycles. The Hall–Kier alpha value is -1.58. The molecule has 0 unspecified atom stereocenters. The molecule has 82 valence electrons. The van der Waals surface area contributed by atoms with Gasteiger partial charge in [-0.2, -0.15) is 0 Å². The second kappa shape index (κ2) is 5.34. The summed E-state index contributed by atoms with van der Waals surface area (Å²) in [4.78, 5) is 10.8.